The zero-order valence-corrected chi connectivity index (χ0v) is 12.9. The Morgan fingerprint density at radius 2 is 2.05 bits per heavy atom. The van der Waals surface area contributed by atoms with Crippen LogP contribution in [-0.2, 0) is 6.42 Å². The maximum absolute atomic E-state index is 6.37. The molecule has 21 heavy (non-hydrogen) atoms. The van der Waals surface area contributed by atoms with E-state index in [-0.39, 0.29) is 6.04 Å². The van der Waals surface area contributed by atoms with Crippen molar-refractivity contribution in [1.82, 2.24) is 0 Å². The lowest BCUT2D eigenvalue weighted by Crippen LogP contribution is -2.10. The van der Waals surface area contributed by atoms with E-state index >= 15 is 0 Å². The third-order valence-electron chi connectivity index (χ3n) is 3.89. The first-order valence-corrected chi connectivity index (χ1v) is 7.71. The first-order chi connectivity index (χ1) is 10.2. The van der Waals surface area contributed by atoms with Crippen LogP contribution in [-0.4, -0.2) is 6.61 Å². The van der Waals surface area contributed by atoms with Gasteiger partial charge in [-0.1, -0.05) is 18.2 Å². The van der Waals surface area contributed by atoms with Crippen molar-refractivity contribution < 1.29 is 9.15 Å². The highest BCUT2D eigenvalue weighted by molar-refractivity contribution is 9.10. The molecule has 2 N–H and O–H groups in total. The van der Waals surface area contributed by atoms with Crippen molar-refractivity contribution in [1.29, 1.82) is 0 Å². The number of fused-ring (bicyclic) bond motifs is 2. The van der Waals surface area contributed by atoms with E-state index in [0.29, 0.717) is 0 Å². The summed E-state index contributed by atoms with van der Waals surface area (Å²) in [6.45, 7) is 0.756. The second-order valence-corrected chi connectivity index (χ2v) is 6.10. The molecule has 0 saturated heterocycles. The van der Waals surface area contributed by atoms with Gasteiger partial charge in [0.15, 0.2) is 0 Å². The lowest BCUT2D eigenvalue weighted by molar-refractivity contribution is 0.357. The predicted octanol–water partition coefficient (Wildman–Crippen LogP) is 4.18. The number of halogens is 1. The Bertz CT molecular complexity index is 825. The second kappa shape index (κ2) is 4.90. The summed E-state index contributed by atoms with van der Waals surface area (Å²) in [5.74, 6) is 1.74. The number of hydrogen-bond donors (Lipinski definition) is 1. The number of furan rings is 1. The lowest BCUT2D eigenvalue weighted by Gasteiger charge is -2.10. The fourth-order valence-corrected chi connectivity index (χ4v) is 3.23. The Labute approximate surface area is 130 Å². The molecule has 4 rings (SSSR count). The van der Waals surface area contributed by atoms with Gasteiger partial charge in [-0.3, -0.25) is 0 Å². The zero-order chi connectivity index (χ0) is 14.4. The van der Waals surface area contributed by atoms with Crippen molar-refractivity contribution in [3.63, 3.8) is 0 Å². The molecule has 0 saturated carbocycles. The third kappa shape index (κ3) is 2.15. The smallest absolute Gasteiger partial charge is 0.148 e. The summed E-state index contributed by atoms with van der Waals surface area (Å²) in [7, 11) is 0. The number of hydrogen-bond acceptors (Lipinski definition) is 3. The van der Waals surface area contributed by atoms with Crippen molar-refractivity contribution in [2.24, 2.45) is 5.73 Å². The minimum atomic E-state index is -0.268. The zero-order valence-electron chi connectivity index (χ0n) is 11.3. The first-order valence-electron chi connectivity index (χ1n) is 6.91. The molecular weight excluding hydrogens is 330 g/mol. The monoisotopic (exact) mass is 343 g/mol. The van der Waals surface area contributed by atoms with Gasteiger partial charge in [-0.2, -0.15) is 0 Å². The molecular formula is C17H14BrNO2. The lowest BCUT2D eigenvalue weighted by atomic mass is 10.0. The number of rotatable bonds is 2. The van der Waals surface area contributed by atoms with Crippen LogP contribution in [0.2, 0.25) is 0 Å². The van der Waals surface area contributed by atoms with Crippen LogP contribution in [0.5, 0.6) is 5.75 Å². The molecule has 2 aromatic carbocycles. The molecule has 1 aliphatic rings. The quantitative estimate of drug-likeness (QED) is 0.759. The molecule has 106 valence electrons. The minimum Gasteiger partial charge on any atom is -0.493 e. The first kappa shape index (κ1) is 12.9. The van der Waals surface area contributed by atoms with Crippen LogP contribution in [0.3, 0.4) is 0 Å². The molecule has 1 atom stereocenters. The van der Waals surface area contributed by atoms with Crippen molar-refractivity contribution in [3.05, 3.63) is 63.8 Å². The highest BCUT2D eigenvalue weighted by Gasteiger charge is 2.19. The predicted molar refractivity (Wildman–Crippen MR) is 85.6 cm³/mol. The van der Waals surface area contributed by atoms with Gasteiger partial charge in [0.25, 0.3) is 0 Å². The topological polar surface area (TPSA) is 48.4 Å². The molecule has 0 bridgehead atoms. The van der Waals surface area contributed by atoms with Crippen LogP contribution < -0.4 is 10.5 Å². The molecule has 1 aliphatic heterocycles. The van der Waals surface area contributed by atoms with Gasteiger partial charge in [0.05, 0.1) is 17.1 Å². The van der Waals surface area contributed by atoms with E-state index in [9.17, 15) is 0 Å². The average Bonchev–Trinajstić information content (AvgIpc) is 3.12. The highest BCUT2D eigenvalue weighted by Crippen LogP contribution is 2.33. The summed E-state index contributed by atoms with van der Waals surface area (Å²) in [4.78, 5) is 0. The van der Waals surface area contributed by atoms with Crippen LogP contribution in [0.15, 0.2) is 51.4 Å². The van der Waals surface area contributed by atoms with Crippen molar-refractivity contribution in [3.8, 4) is 5.75 Å². The van der Waals surface area contributed by atoms with Gasteiger partial charge in [-0.25, -0.2) is 0 Å². The van der Waals surface area contributed by atoms with Gasteiger partial charge >= 0.3 is 0 Å². The normalized spacial score (nSPS) is 15.0. The maximum Gasteiger partial charge on any atom is 0.148 e. The molecule has 0 fully saturated rings. The van der Waals surface area contributed by atoms with Crippen LogP contribution in [0.25, 0.3) is 11.0 Å². The molecule has 4 heteroatoms. The summed E-state index contributed by atoms with van der Waals surface area (Å²) < 4.78 is 12.4. The van der Waals surface area contributed by atoms with Gasteiger partial charge in [0.2, 0.25) is 0 Å². The minimum absolute atomic E-state index is 0.268. The number of benzene rings is 2. The Kier molecular flexibility index (Phi) is 3.01. The third-order valence-corrected chi connectivity index (χ3v) is 4.52. The largest absolute Gasteiger partial charge is 0.493 e. The Morgan fingerprint density at radius 3 is 2.90 bits per heavy atom. The summed E-state index contributed by atoms with van der Waals surface area (Å²) in [5.41, 5.74) is 9.49. The van der Waals surface area contributed by atoms with E-state index in [2.05, 4.69) is 22.0 Å². The SMILES string of the molecule is NC(c1ccc2c(c1)CCO2)c1cc2cccc(Br)c2o1. The Balaban J connectivity index is 1.75. The molecule has 0 aliphatic carbocycles. The molecule has 3 nitrogen and oxygen atoms in total. The molecule has 0 radical (unpaired) electrons. The van der Waals surface area contributed by atoms with Crippen LogP contribution >= 0.6 is 15.9 Å². The number of ether oxygens (including phenoxy) is 1. The van der Waals surface area contributed by atoms with Gasteiger partial charge in [0, 0.05) is 11.8 Å². The fourth-order valence-electron chi connectivity index (χ4n) is 2.76. The average molecular weight is 344 g/mol. The highest BCUT2D eigenvalue weighted by atomic mass is 79.9. The van der Waals surface area contributed by atoms with E-state index in [0.717, 1.165) is 45.5 Å². The molecule has 0 amide bonds. The van der Waals surface area contributed by atoms with Crippen LogP contribution in [0, 0.1) is 0 Å². The van der Waals surface area contributed by atoms with Gasteiger partial charge in [-0.05, 0) is 51.3 Å². The van der Waals surface area contributed by atoms with E-state index in [4.69, 9.17) is 14.9 Å². The fraction of sp³-hybridized carbons (Fsp3) is 0.176. The summed E-state index contributed by atoms with van der Waals surface area (Å²) in [6, 6.07) is 13.8. The standard InChI is InChI=1S/C17H14BrNO2/c18-13-3-1-2-12-9-15(21-17(12)13)16(19)11-4-5-14-10(8-11)6-7-20-14/h1-5,8-9,16H,6-7,19H2. The summed E-state index contributed by atoms with van der Waals surface area (Å²) in [5, 5.41) is 1.05. The number of para-hydroxylation sites is 1. The van der Waals surface area contributed by atoms with Gasteiger partial charge in [0.1, 0.15) is 17.1 Å². The maximum atomic E-state index is 6.37. The summed E-state index contributed by atoms with van der Waals surface area (Å²) >= 11 is 3.51. The Hall–Kier alpha value is -1.78. The molecule has 1 aromatic heterocycles. The molecule has 3 aromatic rings. The van der Waals surface area contributed by atoms with Crippen LogP contribution in [0.4, 0.5) is 0 Å². The van der Waals surface area contributed by atoms with Gasteiger partial charge < -0.3 is 14.9 Å². The summed E-state index contributed by atoms with van der Waals surface area (Å²) in [6.07, 6.45) is 0.946. The second-order valence-electron chi connectivity index (χ2n) is 5.25. The van der Waals surface area contributed by atoms with Crippen molar-refractivity contribution in [2.75, 3.05) is 6.61 Å². The van der Waals surface area contributed by atoms with Crippen LogP contribution in [0.1, 0.15) is 22.9 Å². The van der Waals surface area contributed by atoms with Gasteiger partial charge in [-0.15, -0.1) is 0 Å². The molecule has 0 spiro atoms. The van der Waals surface area contributed by atoms with E-state index in [1.807, 2.05) is 36.4 Å². The molecule has 1 unspecified atom stereocenters. The molecule has 2 heterocycles. The van der Waals surface area contributed by atoms with Crippen molar-refractivity contribution in [2.45, 2.75) is 12.5 Å². The van der Waals surface area contributed by atoms with E-state index in [1.165, 1.54) is 5.56 Å². The van der Waals surface area contributed by atoms with Crippen molar-refractivity contribution >= 4 is 26.9 Å². The van der Waals surface area contributed by atoms with E-state index < -0.39 is 0 Å². The Morgan fingerprint density at radius 1 is 1.14 bits per heavy atom. The number of nitrogens with two attached hydrogens (primary N) is 1. The van der Waals surface area contributed by atoms with E-state index in [1.54, 1.807) is 0 Å².